The van der Waals surface area contributed by atoms with Crippen LogP contribution in [0.25, 0.3) is 0 Å². The van der Waals surface area contributed by atoms with Crippen LogP contribution in [0, 0.1) is 0 Å². The maximum Gasteiger partial charge on any atom is -1.00 e. The molecular formula is H2CaCl3In. The fourth-order valence-corrected chi connectivity index (χ4v) is 0. The van der Waals surface area contributed by atoms with Crippen LogP contribution in [-0.2, 0) is 0 Å². The summed E-state index contributed by atoms with van der Waals surface area (Å²) in [6.45, 7) is 0. The second-order valence-corrected chi connectivity index (χ2v) is 14.9. The van der Waals surface area contributed by atoms with Crippen molar-refractivity contribution in [1.29, 1.82) is 0 Å². The Morgan fingerprint density at radius 3 is 1.20 bits per heavy atom. The molecule has 0 aliphatic heterocycles. The van der Waals surface area contributed by atoms with Gasteiger partial charge >= 0.3 is 81.4 Å². The van der Waals surface area contributed by atoms with Gasteiger partial charge in [-0.3, -0.25) is 0 Å². The van der Waals surface area contributed by atoms with Crippen molar-refractivity contribution < 1.29 is 2.85 Å². The average Bonchev–Trinajstić information content (AvgIpc) is 0.811. The molecule has 0 spiro atoms. The van der Waals surface area contributed by atoms with Crippen LogP contribution in [0.15, 0.2) is 0 Å². The zero-order chi connectivity index (χ0) is 3.58. The molecule has 0 bridgehead atoms. The summed E-state index contributed by atoms with van der Waals surface area (Å²) in [5.74, 6) is 0. The first-order valence-corrected chi connectivity index (χ1v) is 13.2. The summed E-state index contributed by atoms with van der Waals surface area (Å²) in [4.78, 5) is 0. The fourth-order valence-electron chi connectivity index (χ4n) is 0. The third-order valence-corrected chi connectivity index (χ3v) is 0. The van der Waals surface area contributed by atoms with Gasteiger partial charge in [-0.25, -0.2) is 0 Å². The molecule has 0 saturated heterocycles. The smallest absolute Gasteiger partial charge is 1.00 e. The third kappa shape index (κ3) is 19.4. The quantitative estimate of drug-likeness (QED) is 0.581. The Labute approximate surface area is 82.4 Å². The van der Waals surface area contributed by atoms with Gasteiger partial charge in [0.1, 0.15) is 0 Å². The van der Waals surface area contributed by atoms with Crippen LogP contribution in [0.1, 0.15) is 2.85 Å². The van der Waals surface area contributed by atoms with E-state index in [0.717, 1.165) is 0 Å². The minimum atomic E-state index is -2.22. The summed E-state index contributed by atoms with van der Waals surface area (Å²) in [7, 11) is 15.0. The molecule has 0 aliphatic carbocycles. The van der Waals surface area contributed by atoms with Crippen LogP contribution < -0.4 is 0 Å². The molecule has 0 atom stereocenters. The molecule has 0 saturated carbocycles. The normalized spacial score (nSPS) is 5.40. The van der Waals surface area contributed by atoms with Gasteiger partial charge in [-0.05, 0) is 0 Å². The van der Waals surface area contributed by atoms with Crippen molar-refractivity contribution in [2.24, 2.45) is 0 Å². The molecule has 0 aromatic heterocycles. The minimum absolute atomic E-state index is 0. The molecule has 0 rings (SSSR count). The van der Waals surface area contributed by atoms with E-state index in [2.05, 4.69) is 0 Å². The van der Waals surface area contributed by atoms with E-state index in [4.69, 9.17) is 25.7 Å². The van der Waals surface area contributed by atoms with Gasteiger partial charge in [0, 0.05) is 0 Å². The monoisotopic (exact) mass is 262 g/mol. The Morgan fingerprint density at radius 1 is 1.20 bits per heavy atom. The van der Waals surface area contributed by atoms with E-state index >= 15 is 0 Å². The second kappa shape index (κ2) is 7.00. The first-order valence-electron chi connectivity index (χ1n) is 0.655. The van der Waals surface area contributed by atoms with Crippen LogP contribution in [0.2, 0.25) is 0 Å². The number of rotatable bonds is 0. The standard InChI is InChI=1S/Ca.3ClH.In.2H/h;3*1H;;;/q+2;;;;+3;2*-1/p-3. The topological polar surface area (TPSA) is 0 Å². The molecule has 0 radical (unpaired) electrons. The summed E-state index contributed by atoms with van der Waals surface area (Å²) in [6, 6.07) is 0. The van der Waals surface area contributed by atoms with Crippen molar-refractivity contribution in [2.45, 2.75) is 0 Å². The van der Waals surface area contributed by atoms with Crippen LogP contribution in [0.3, 0.4) is 0 Å². The van der Waals surface area contributed by atoms with Crippen LogP contribution >= 0.6 is 25.7 Å². The van der Waals surface area contributed by atoms with Gasteiger partial charge in [-0.1, -0.05) is 0 Å². The van der Waals surface area contributed by atoms with Gasteiger partial charge in [0.25, 0.3) is 0 Å². The molecule has 5 heteroatoms. The van der Waals surface area contributed by atoms with E-state index in [1.807, 2.05) is 0 Å². The van der Waals surface area contributed by atoms with Gasteiger partial charge in [-0.15, -0.1) is 0 Å². The van der Waals surface area contributed by atoms with Gasteiger partial charge in [0.05, 0.1) is 0 Å². The SMILES string of the molecule is [Ca+2].[Cl][In]([Cl])[Cl].[H-].[H-]. The Morgan fingerprint density at radius 2 is 1.20 bits per heavy atom. The van der Waals surface area contributed by atoms with E-state index in [-0.39, 0.29) is 40.6 Å². The predicted octanol–water partition coefficient (Wildman–Crippen LogP) is 1.53. The van der Waals surface area contributed by atoms with Gasteiger partial charge in [0.15, 0.2) is 0 Å². The Bertz CT molecular complexity index is 17.7. The zero-order valence-corrected chi connectivity index (χ0v) is 10.2. The second-order valence-electron chi connectivity index (χ2n) is 0.247. The Kier molecular flexibility index (Phi) is 15.2. The molecule has 5 heavy (non-hydrogen) atoms. The molecule has 0 aliphatic rings. The van der Waals surface area contributed by atoms with E-state index in [9.17, 15) is 0 Å². The molecule has 0 aromatic carbocycles. The summed E-state index contributed by atoms with van der Waals surface area (Å²) in [5, 5.41) is 0. The predicted molar refractivity (Wildman–Crippen MR) is 31.3 cm³/mol. The molecule has 0 N–H and O–H groups in total. The molecule has 0 amide bonds. The Balaban J connectivity index is -0.0000000150. The van der Waals surface area contributed by atoms with Gasteiger partial charge in [0.2, 0.25) is 0 Å². The zero-order valence-electron chi connectivity index (χ0n) is 4.42. The third-order valence-electron chi connectivity index (χ3n) is 0. The van der Waals surface area contributed by atoms with Crippen LogP contribution in [0.5, 0.6) is 0 Å². The first-order chi connectivity index (χ1) is 1.73. The molecule has 0 aromatic rings. The van der Waals surface area contributed by atoms with Crippen LogP contribution in [-0.4, -0.2) is 55.6 Å². The number of halogens is 3. The number of hydrogen-bond donors (Lipinski definition) is 0. The Hall–Kier alpha value is 3.00. The van der Waals surface area contributed by atoms with Crippen molar-refractivity contribution in [3.8, 4) is 0 Å². The maximum absolute atomic E-state index is 5.02. The van der Waals surface area contributed by atoms with E-state index in [0.29, 0.717) is 0 Å². The van der Waals surface area contributed by atoms with E-state index in [1.165, 1.54) is 0 Å². The molecule has 0 fully saturated rings. The molecule has 0 nitrogen and oxygen atoms in total. The van der Waals surface area contributed by atoms with E-state index < -0.39 is 17.9 Å². The maximum atomic E-state index is 5.02. The average molecular weight is 263 g/mol. The fraction of sp³-hybridized carbons (Fsp3) is 0. The van der Waals surface area contributed by atoms with Crippen LogP contribution in [0.4, 0.5) is 0 Å². The molecular weight excluding hydrogens is 261 g/mol. The molecule has 28 valence electrons. The molecule has 0 unspecified atom stereocenters. The summed E-state index contributed by atoms with van der Waals surface area (Å²) in [6.07, 6.45) is 0. The van der Waals surface area contributed by atoms with Gasteiger partial charge in [-0.2, -0.15) is 0 Å². The van der Waals surface area contributed by atoms with Crippen molar-refractivity contribution >= 4 is 81.4 Å². The van der Waals surface area contributed by atoms with Gasteiger partial charge < -0.3 is 2.85 Å². The molecule has 0 heterocycles. The van der Waals surface area contributed by atoms with Crippen molar-refractivity contribution in [2.75, 3.05) is 0 Å². The summed E-state index contributed by atoms with van der Waals surface area (Å²) >= 11 is -2.22. The van der Waals surface area contributed by atoms with E-state index in [1.54, 1.807) is 0 Å². The summed E-state index contributed by atoms with van der Waals surface area (Å²) < 4.78 is 0. The summed E-state index contributed by atoms with van der Waals surface area (Å²) in [5.41, 5.74) is 0. The number of hydrogen-bond acceptors (Lipinski definition) is 0. The van der Waals surface area contributed by atoms with Crippen molar-refractivity contribution in [3.05, 3.63) is 0 Å². The van der Waals surface area contributed by atoms with Crippen molar-refractivity contribution in [1.82, 2.24) is 0 Å². The first kappa shape index (κ1) is 10.9. The minimum Gasteiger partial charge on any atom is -1.00 e. The largest absolute Gasteiger partial charge is 1.00 e. The van der Waals surface area contributed by atoms with Crippen molar-refractivity contribution in [3.63, 3.8) is 0 Å².